The highest BCUT2D eigenvalue weighted by Crippen LogP contribution is 2.32. The van der Waals surface area contributed by atoms with Gasteiger partial charge in [-0.2, -0.15) is 5.10 Å². The van der Waals surface area contributed by atoms with Crippen molar-refractivity contribution in [1.82, 2.24) is 0 Å². The van der Waals surface area contributed by atoms with E-state index in [4.69, 9.17) is 15.3 Å². The molecule has 1 aromatic carbocycles. The van der Waals surface area contributed by atoms with Crippen LogP contribution in [0.4, 0.5) is 0 Å². The van der Waals surface area contributed by atoms with Gasteiger partial charge in [0, 0.05) is 10.0 Å². The fraction of sp³-hybridized carbons (Fsp3) is 0.364. The van der Waals surface area contributed by atoms with E-state index >= 15 is 0 Å². The molecule has 0 aliphatic heterocycles. The molecule has 1 aromatic rings. The maximum atomic E-state index is 5.56. The molecule has 88 valence electrons. The number of nitrogens with zero attached hydrogens (tertiary/aromatic N) is 1. The van der Waals surface area contributed by atoms with Crippen molar-refractivity contribution in [1.29, 1.82) is 0 Å². The van der Waals surface area contributed by atoms with Crippen LogP contribution in [-0.2, 0) is 0 Å². The van der Waals surface area contributed by atoms with Gasteiger partial charge in [0.05, 0.1) is 19.9 Å². The summed E-state index contributed by atoms with van der Waals surface area (Å²) >= 11 is 3.42. The molecular weight excluding hydrogens is 272 g/mol. The molecule has 0 amide bonds. The first-order valence-corrected chi connectivity index (χ1v) is 5.75. The highest BCUT2D eigenvalue weighted by Gasteiger charge is 2.08. The standard InChI is InChI=1S/C11H15BrN2O2/c1-3-4-16-11-6-9(12)8(7-14-13)5-10(11)15-2/h5-7H,3-4,13H2,1-2H3. The summed E-state index contributed by atoms with van der Waals surface area (Å²) in [4.78, 5) is 0. The zero-order valence-corrected chi connectivity index (χ0v) is 11.0. The van der Waals surface area contributed by atoms with Crippen LogP contribution in [0.15, 0.2) is 21.7 Å². The quantitative estimate of drug-likeness (QED) is 0.514. The van der Waals surface area contributed by atoms with Crippen LogP contribution in [0.2, 0.25) is 0 Å². The summed E-state index contributed by atoms with van der Waals surface area (Å²) in [6.07, 6.45) is 2.50. The van der Waals surface area contributed by atoms with Crippen LogP contribution in [-0.4, -0.2) is 19.9 Å². The number of hydrogen-bond donors (Lipinski definition) is 1. The first kappa shape index (κ1) is 12.8. The zero-order valence-electron chi connectivity index (χ0n) is 9.37. The first-order valence-electron chi connectivity index (χ1n) is 4.96. The Hall–Kier alpha value is -1.23. The van der Waals surface area contributed by atoms with E-state index in [0.29, 0.717) is 18.1 Å². The number of nitrogens with two attached hydrogens (primary N) is 1. The third-order valence-electron chi connectivity index (χ3n) is 1.96. The van der Waals surface area contributed by atoms with Crippen molar-refractivity contribution >= 4 is 22.1 Å². The number of methoxy groups -OCH3 is 1. The second-order valence-corrected chi connectivity index (χ2v) is 4.01. The molecule has 0 radical (unpaired) electrons. The van der Waals surface area contributed by atoms with Gasteiger partial charge in [-0.25, -0.2) is 0 Å². The molecule has 0 aliphatic carbocycles. The van der Waals surface area contributed by atoms with E-state index in [9.17, 15) is 0 Å². The van der Waals surface area contributed by atoms with Gasteiger partial charge < -0.3 is 15.3 Å². The molecule has 0 aliphatic rings. The second kappa shape index (κ2) is 6.37. The summed E-state index contributed by atoms with van der Waals surface area (Å²) in [5.74, 6) is 6.50. The molecular formula is C11H15BrN2O2. The highest BCUT2D eigenvalue weighted by atomic mass is 79.9. The molecule has 0 spiro atoms. The predicted molar refractivity (Wildman–Crippen MR) is 68.3 cm³/mol. The molecule has 0 bridgehead atoms. The smallest absolute Gasteiger partial charge is 0.162 e. The fourth-order valence-electron chi connectivity index (χ4n) is 1.21. The molecule has 0 saturated carbocycles. The molecule has 0 unspecified atom stereocenters. The molecule has 0 heterocycles. The summed E-state index contributed by atoms with van der Waals surface area (Å²) in [6.45, 7) is 2.71. The van der Waals surface area contributed by atoms with E-state index in [2.05, 4.69) is 28.0 Å². The topological polar surface area (TPSA) is 56.8 Å². The maximum Gasteiger partial charge on any atom is 0.162 e. The van der Waals surface area contributed by atoms with Crippen molar-refractivity contribution in [2.24, 2.45) is 10.9 Å². The van der Waals surface area contributed by atoms with Crippen molar-refractivity contribution in [3.8, 4) is 11.5 Å². The fourth-order valence-corrected chi connectivity index (χ4v) is 1.64. The number of ether oxygens (including phenoxy) is 2. The Bertz CT molecular complexity index is 380. The van der Waals surface area contributed by atoms with Crippen LogP contribution in [0.5, 0.6) is 11.5 Å². The molecule has 0 atom stereocenters. The number of hydrogen-bond acceptors (Lipinski definition) is 4. The molecule has 5 heteroatoms. The SMILES string of the molecule is CCCOc1cc(Br)c(C=NN)cc1OC. The third-order valence-corrected chi connectivity index (χ3v) is 2.65. The molecule has 0 saturated heterocycles. The lowest BCUT2D eigenvalue weighted by Gasteiger charge is -2.11. The van der Waals surface area contributed by atoms with Gasteiger partial charge in [0.2, 0.25) is 0 Å². The summed E-state index contributed by atoms with van der Waals surface area (Å²) in [5.41, 5.74) is 0.850. The van der Waals surface area contributed by atoms with Crippen molar-refractivity contribution in [2.45, 2.75) is 13.3 Å². The van der Waals surface area contributed by atoms with Crippen LogP contribution in [0.3, 0.4) is 0 Å². The predicted octanol–water partition coefficient (Wildman–Crippen LogP) is 2.54. The third kappa shape index (κ3) is 3.13. The van der Waals surface area contributed by atoms with Crippen LogP contribution in [0, 0.1) is 0 Å². The van der Waals surface area contributed by atoms with E-state index in [-0.39, 0.29) is 0 Å². The zero-order chi connectivity index (χ0) is 12.0. The van der Waals surface area contributed by atoms with E-state index in [0.717, 1.165) is 16.5 Å². The van der Waals surface area contributed by atoms with Gasteiger partial charge in [-0.05, 0) is 34.5 Å². The molecule has 4 nitrogen and oxygen atoms in total. The second-order valence-electron chi connectivity index (χ2n) is 3.15. The lowest BCUT2D eigenvalue weighted by atomic mass is 10.2. The molecule has 16 heavy (non-hydrogen) atoms. The van der Waals surface area contributed by atoms with E-state index in [1.165, 1.54) is 0 Å². The Balaban J connectivity index is 3.05. The van der Waals surface area contributed by atoms with Gasteiger partial charge in [0.15, 0.2) is 11.5 Å². The van der Waals surface area contributed by atoms with Crippen molar-refractivity contribution in [2.75, 3.05) is 13.7 Å². The van der Waals surface area contributed by atoms with E-state index < -0.39 is 0 Å². The van der Waals surface area contributed by atoms with Gasteiger partial charge in [-0.3, -0.25) is 0 Å². The van der Waals surface area contributed by atoms with Crippen LogP contribution in [0.25, 0.3) is 0 Å². The minimum absolute atomic E-state index is 0.660. The van der Waals surface area contributed by atoms with Gasteiger partial charge in [-0.1, -0.05) is 6.92 Å². The minimum Gasteiger partial charge on any atom is -0.493 e. The molecule has 2 N–H and O–H groups in total. The van der Waals surface area contributed by atoms with E-state index in [1.807, 2.05) is 12.1 Å². The van der Waals surface area contributed by atoms with Gasteiger partial charge in [-0.15, -0.1) is 0 Å². The summed E-state index contributed by atoms with van der Waals surface area (Å²) < 4.78 is 11.7. The highest BCUT2D eigenvalue weighted by molar-refractivity contribution is 9.10. The Morgan fingerprint density at radius 2 is 2.19 bits per heavy atom. The number of rotatable bonds is 5. The minimum atomic E-state index is 0.660. The van der Waals surface area contributed by atoms with Gasteiger partial charge in [0.1, 0.15) is 0 Å². The van der Waals surface area contributed by atoms with E-state index in [1.54, 1.807) is 13.3 Å². The number of halogens is 1. The van der Waals surface area contributed by atoms with Crippen LogP contribution < -0.4 is 15.3 Å². The Labute approximate surface area is 104 Å². The summed E-state index contributed by atoms with van der Waals surface area (Å²) in [5, 5.41) is 3.48. The maximum absolute atomic E-state index is 5.56. The van der Waals surface area contributed by atoms with Crippen molar-refractivity contribution in [3.63, 3.8) is 0 Å². The number of benzene rings is 1. The van der Waals surface area contributed by atoms with Crippen molar-refractivity contribution in [3.05, 3.63) is 22.2 Å². The molecule has 1 rings (SSSR count). The average molecular weight is 287 g/mol. The Morgan fingerprint density at radius 3 is 2.75 bits per heavy atom. The lowest BCUT2D eigenvalue weighted by Crippen LogP contribution is -1.99. The van der Waals surface area contributed by atoms with Crippen LogP contribution in [0.1, 0.15) is 18.9 Å². The largest absolute Gasteiger partial charge is 0.493 e. The first-order chi connectivity index (χ1) is 7.72. The van der Waals surface area contributed by atoms with Gasteiger partial charge >= 0.3 is 0 Å². The summed E-state index contributed by atoms with van der Waals surface area (Å²) in [7, 11) is 1.60. The number of hydrazone groups is 1. The Morgan fingerprint density at radius 1 is 1.44 bits per heavy atom. The summed E-state index contributed by atoms with van der Waals surface area (Å²) in [6, 6.07) is 3.68. The lowest BCUT2D eigenvalue weighted by molar-refractivity contribution is 0.294. The monoisotopic (exact) mass is 286 g/mol. The normalized spacial score (nSPS) is 10.7. The van der Waals surface area contributed by atoms with Crippen molar-refractivity contribution < 1.29 is 9.47 Å². The molecule has 0 aromatic heterocycles. The van der Waals surface area contributed by atoms with Crippen LogP contribution >= 0.6 is 15.9 Å². The van der Waals surface area contributed by atoms with Gasteiger partial charge in [0.25, 0.3) is 0 Å². The Kier molecular flexibility index (Phi) is 5.11. The molecule has 0 fully saturated rings. The average Bonchev–Trinajstić information content (AvgIpc) is 2.29.